The number of rotatable bonds is 6. The molecule has 0 fully saturated rings. The molecule has 1 aliphatic rings. The minimum atomic E-state index is -0.500. The number of benzene rings is 1. The number of nitrogens with zero attached hydrogens (tertiary/aromatic N) is 2. The SMILES string of the molecule is CCN(CCNC(=NC)NCc1ccc2c(c1)OCO2)C(=O)OC(C)(C)C. The monoisotopic (exact) mass is 378 g/mol. The van der Waals surface area contributed by atoms with Gasteiger partial charge in [-0.3, -0.25) is 4.99 Å². The molecule has 0 aliphatic carbocycles. The quantitative estimate of drug-likeness (QED) is 0.584. The van der Waals surface area contributed by atoms with E-state index in [1.165, 1.54) is 0 Å². The molecule has 0 radical (unpaired) electrons. The highest BCUT2D eigenvalue weighted by Crippen LogP contribution is 2.32. The van der Waals surface area contributed by atoms with Crippen LogP contribution in [-0.4, -0.2) is 56.0 Å². The van der Waals surface area contributed by atoms with Gasteiger partial charge in [0, 0.05) is 33.2 Å². The van der Waals surface area contributed by atoms with Gasteiger partial charge in [0.05, 0.1) is 0 Å². The molecular weight excluding hydrogens is 348 g/mol. The second kappa shape index (κ2) is 9.34. The maximum absolute atomic E-state index is 12.1. The first kappa shape index (κ1) is 20.7. The van der Waals surface area contributed by atoms with Crippen molar-refractivity contribution in [2.24, 2.45) is 4.99 Å². The number of amides is 1. The van der Waals surface area contributed by atoms with Crippen LogP contribution in [0.15, 0.2) is 23.2 Å². The van der Waals surface area contributed by atoms with Crippen LogP contribution < -0.4 is 20.1 Å². The number of guanidine groups is 1. The molecule has 27 heavy (non-hydrogen) atoms. The summed E-state index contributed by atoms with van der Waals surface area (Å²) in [7, 11) is 1.71. The van der Waals surface area contributed by atoms with Gasteiger partial charge in [0.1, 0.15) is 5.60 Å². The Balaban J connectivity index is 1.77. The number of ether oxygens (including phenoxy) is 3. The van der Waals surface area contributed by atoms with Gasteiger partial charge in [-0.1, -0.05) is 6.07 Å². The number of likely N-dealkylation sites (N-methyl/N-ethyl adjacent to an activating group) is 1. The molecule has 1 aliphatic heterocycles. The van der Waals surface area contributed by atoms with Gasteiger partial charge in [0.2, 0.25) is 6.79 Å². The lowest BCUT2D eigenvalue weighted by Gasteiger charge is -2.26. The smallest absolute Gasteiger partial charge is 0.410 e. The van der Waals surface area contributed by atoms with Crippen molar-refractivity contribution in [1.82, 2.24) is 15.5 Å². The zero-order chi connectivity index (χ0) is 19.9. The summed E-state index contributed by atoms with van der Waals surface area (Å²) in [5, 5.41) is 6.45. The Bertz CT molecular complexity index is 670. The highest BCUT2D eigenvalue weighted by Gasteiger charge is 2.20. The van der Waals surface area contributed by atoms with Gasteiger partial charge in [0.15, 0.2) is 17.5 Å². The van der Waals surface area contributed by atoms with Gasteiger partial charge in [-0.25, -0.2) is 4.79 Å². The van der Waals surface area contributed by atoms with Crippen molar-refractivity contribution in [2.75, 3.05) is 33.5 Å². The van der Waals surface area contributed by atoms with Gasteiger partial charge in [0.25, 0.3) is 0 Å². The van der Waals surface area contributed by atoms with E-state index in [0.29, 0.717) is 32.1 Å². The lowest BCUT2D eigenvalue weighted by atomic mass is 10.2. The average molecular weight is 378 g/mol. The molecule has 1 amide bonds. The maximum atomic E-state index is 12.1. The van der Waals surface area contributed by atoms with Gasteiger partial charge < -0.3 is 29.7 Å². The molecule has 0 spiro atoms. The molecule has 1 aromatic rings. The van der Waals surface area contributed by atoms with E-state index in [2.05, 4.69) is 15.6 Å². The van der Waals surface area contributed by atoms with E-state index >= 15 is 0 Å². The highest BCUT2D eigenvalue weighted by atomic mass is 16.7. The fourth-order valence-corrected chi connectivity index (χ4v) is 2.47. The summed E-state index contributed by atoms with van der Waals surface area (Å²) in [5.74, 6) is 2.18. The summed E-state index contributed by atoms with van der Waals surface area (Å²) < 4.78 is 16.1. The normalized spacial score (nSPS) is 13.3. The zero-order valence-electron chi connectivity index (χ0n) is 16.8. The third kappa shape index (κ3) is 6.54. The fourth-order valence-electron chi connectivity index (χ4n) is 2.47. The molecule has 0 atom stereocenters. The summed E-state index contributed by atoms with van der Waals surface area (Å²) in [4.78, 5) is 18.0. The lowest BCUT2D eigenvalue weighted by Crippen LogP contribution is -2.44. The molecule has 0 saturated heterocycles. The number of hydrogen-bond acceptors (Lipinski definition) is 5. The van der Waals surface area contributed by atoms with E-state index in [1.54, 1.807) is 11.9 Å². The van der Waals surface area contributed by atoms with Crippen LogP contribution in [-0.2, 0) is 11.3 Å². The second-order valence-corrected chi connectivity index (χ2v) is 7.10. The topological polar surface area (TPSA) is 84.4 Å². The fraction of sp³-hybridized carbons (Fsp3) is 0.579. The molecule has 2 rings (SSSR count). The Hall–Kier alpha value is -2.64. The summed E-state index contributed by atoms with van der Waals surface area (Å²) in [6.07, 6.45) is -0.310. The molecule has 150 valence electrons. The summed E-state index contributed by atoms with van der Waals surface area (Å²) >= 11 is 0. The van der Waals surface area contributed by atoms with Gasteiger partial charge in [-0.05, 0) is 45.4 Å². The van der Waals surface area contributed by atoms with E-state index in [0.717, 1.165) is 17.1 Å². The molecule has 1 heterocycles. The van der Waals surface area contributed by atoms with Crippen LogP contribution in [0.2, 0.25) is 0 Å². The first-order valence-corrected chi connectivity index (χ1v) is 9.13. The number of carbonyl (C=O) groups is 1. The molecule has 1 aromatic carbocycles. The minimum absolute atomic E-state index is 0.265. The highest BCUT2D eigenvalue weighted by molar-refractivity contribution is 5.79. The van der Waals surface area contributed by atoms with Crippen molar-refractivity contribution in [3.05, 3.63) is 23.8 Å². The standard InChI is InChI=1S/C19H30N4O4/c1-6-23(18(24)27-19(2,3)4)10-9-21-17(20-5)22-12-14-7-8-15-16(11-14)26-13-25-15/h7-8,11H,6,9-10,12-13H2,1-5H3,(H2,20,21,22). The third-order valence-electron chi connectivity index (χ3n) is 3.83. The largest absolute Gasteiger partial charge is 0.454 e. The first-order chi connectivity index (χ1) is 12.8. The number of fused-ring (bicyclic) bond motifs is 1. The molecule has 8 heteroatoms. The van der Waals surface area contributed by atoms with E-state index in [-0.39, 0.29) is 12.9 Å². The molecular formula is C19H30N4O4. The Kier molecular flexibility index (Phi) is 7.15. The van der Waals surface area contributed by atoms with Crippen molar-refractivity contribution in [3.8, 4) is 11.5 Å². The number of hydrogen-bond donors (Lipinski definition) is 2. The third-order valence-corrected chi connectivity index (χ3v) is 3.83. The second-order valence-electron chi connectivity index (χ2n) is 7.10. The van der Waals surface area contributed by atoms with Crippen molar-refractivity contribution in [2.45, 2.75) is 39.8 Å². The predicted molar refractivity (Wildman–Crippen MR) is 104 cm³/mol. The van der Waals surface area contributed by atoms with Crippen molar-refractivity contribution < 1.29 is 19.0 Å². The van der Waals surface area contributed by atoms with E-state index in [9.17, 15) is 4.79 Å². The first-order valence-electron chi connectivity index (χ1n) is 9.13. The lowest BCUT2D eigenvalue weighted by molar-refractivity contribution is 0.0264. The molecule has 0 bridgehead atoms. The van der Waals surface area contributed by atoms with Gasteiger partial charge in [-0.2, -0.15) is 0 Å². The molecule has 0 unspecified atom stereocenters. The predicted octanol–water partition coefficient (Wildman–Crippen LogP) is 2.34. The Labute approximate surface area is 160 Å². The molecule has 2 N–H and O–H groups in total. The van der Waals surface area contributed by atoms with E-state index < -0.39 is 5.60 Å². The van der Waals surface area contributed by atoms with Crippen LogP contribution in [0, 0.1) is 0 Å². The summed E-state index contributed by atoms with van der Waals surface area (Å²) in [6.45, 7) is 10.0. The van der Waals surface area contributed by atoms with Crippen LogP contribution in [0.25, 0.3) is 0 Å². The van der Waals surface area contributed by atoms with Crippen molar-refractivity contribution in [3.63, 3.8) is 0 Å². The average Bonchev–Trinajstić information content (AvgIpc) is 3.07. The van der Waals surface area contributed by atoms with Crippen LogP contribution in [0.5, 0.6) is 11.5 Å². The van der Waals surface area contributed by atoms with Crippen LogP contribution in [0.1, 0.15) is 33.3 Å². The molecule has 0 aromatic heterocycles. The van der Waals surface area contributed by atoms with Crippen LogP contribution in [0.3, 0.4) is 0 Å². The van der Waals surface area contributed by atoms with Gasteiger partial charge in [-0.15, -0.1) is 0 Å². The summed E-state index contributed by atoms with van der Waals surface area (Å²) in [5.41, 5.74) is 0.561. The zero-order valence-corrected chi connectivity index (χ0v) is 16.8. The van der Waals surface area contributed by atoms with Crippen molar-refractivity contribution >= 4 is 12.1 Å². The molecule has 0 saturated carbocycles. The Morgan fingerprint density at radius 3 is 2.67 bits per heavy atom. The van der Waals surface area contributed by atoms with Crippen LogP contribution >= 0.6 is 0 Å². The van der Waals surface area contributed by atoms with Crippen molar-refractivity contribution in [1.29, 1.82) is 0 Å². The van der Waals surface area contributed by atoms with Crippen LogP contribution in [0.4, 0.5) is 4.79 Å². The van der Waals surface area contributed by atoms with E-state index in [1.807, 2.05) is 45.9 Å². The molecule has 8 nitrogen and oxygen atoms in total. The minimum Gasteiger partial charge on any atom is -0.454 e. The Morgan fingerprint density at radius 1 is 1.26 bits per heavy atom. The number of carbonyl (C=O) groups excluding carboxylic acids is 1. The number of aliphatic imine (C=N–C) groups is 1. The number of nitrogens with one attached hydrogen (secondary N) is 2. The maximum Gasteiger partial charge on any atom is 0.410 e. The van der Waals surface area contributed by atoms with E-state index in [4.69, 9.17) is 14.2 Å². The Morgan fingerprint density at radius 2 is 2.00 bits per heavy atom. The van der Waals surface area contributed by atoms with Gasteiger partial charge >= 0.3 is 6.09 Å². The summed E-state index contributed by atoms with van der Waals surface area (Å²) in [6, 6.07) is 5.83.